The molecule has 0 bridgehead atoms. The first kappa shape index (κ1) is 21.6. The summed E-state index contributed by atoms with van der Waals surface area (Å²) in [5, 5.41) is 39.8. The predicted octanol–water partition coefficient (Wildman–Crippen LogP) is -0.785. The molecule has 2 aliphatic carbocycles. The van der Waals surface area contributed by atoms with Crippen molar-refractivity contribution in [1.29, 1.82) is 0 Å². The molecule has 30 heavy (non-hydrogen) atoms. The maximum Gasteiger partial charge on any atom is 0.309 e. The highest BCUT2D eigenvalue weighted by molar-refractivity contribution is 6.09. The van der Waals surface area contributed by atoms with E-state index in [0.717, 1.165) is 5.57 Å². The van der Waals surface area contributed by atoms with E-state index in [1.54, 1.807) is 19.9 Å². The fourth-order valence-corrected chi connectivity index (χ4v) is 5.16. The van der Waals surface area contributed by atoms with Crippen molar-refractivity contribution in [3.63, 3.8) is 0 Å². The summed E-state index contributed by atoms with van der Waals surface area (Å²) < 4.78 is 17.2. The molecule has 9 nitrogen and oxygen atoms in total. The molecule has 10 atom stereocenters. The maximum atomic E-state index is 12.7. The first-order valence-electron chi connectivity index (χ1n) is 10.2. The average molecular weight is 424 g/mol. The van der Waals surface area contributed by atoms with Crippen LogP contribution in [0.3, 0.4) is 0 Å². The van der Waals surface area contributed by atoms with Gasteiger partial charge in [0.25, 0.3) is 0 Å². The molecule has 0 spiro atoms. The van der Waals surface area contributed by atoms with Gasteiger partial charge in [-0.3, -0.25) is 9.59 Å². The third kappa shape index (κ3) is 3.24. The van der Waals surface area contributed by atoms with Crippen molar-refractivity contribution in [2.24, 2.45) is 17.8 Å². The molecule has 2 saturated heterocycles. The van der Waals surface area contributed by atoms with E-state index in [2.05, 4.69) is 0 Å². The number of allylic oxidation sites excluding steroid dienone is 1. The number of esters is 1. The Morgan fingerprint density at radius 1 is 1.13 bits per heavy atom. The van der Waals surface area contributed by atoms with Gasteiger partial charge in [-0.15, -0.1) is 0 Å². The largest absolute Gasteiger partial charge is 0.461 e. The van der Waals surface area contributed by atoms with E-state index in [4.69, 9.17) is 14.2 Å². The van der Waals surface area contributed by atoms with Gasteiger partial charge in [-0.05, 0) is 31.9 Å². The smallest absolute Gasteiger partial charge is 0.309 e. The zero-order valence-corrected chi connectivity index (χ0v) is 17.1. The lowest BCUT2D eigenvalue weighted by atomic mass is 9.81. The van der Waals surface area contributed by atoms with E-state index in [9.17, 15) is 30.0 Å². The van der Waals surface area contributed by atoms with Gasteiger partial charge in [0.2, 0.25) is 0 Å². The minimum atomic E-state index is -1.56. The zero-order valence-electron chi connectivity index (χ0n) is 17.1. The lowest BCUT2D eigenvalue weighted by Gasteiger charge is -2.41. The molecule has 4 rings (SSSR count). The fraction of sp³-hybridized carbons (Fsp3) is 0.714. The molecule has 4 N–H and O–H groups in total. The van der Waals surface area contributed by atoms with Crippen LogP contribution >= 0.6 is 0 Å². The van der Waals surface area contributed by atoms with Gasteiger partial charge >= 0.3 is 5.97 Å². The number of aliphatic hydroxyl groups excluding tert-OH is 4. The minimum Gasteiger partial charge on any atom is -0.461 e. The zero-order chi connectivity index (χ0) is 21.9. The molecule has 0 aromatic rings. The number of ketones is 1. The Hall–Kier alpha value is -1.62. The molecule has 10 unspecified atom stereocenters. The highest BCUT2D eigenvalue weighted by Crippen LogP contribution is 2.48. The number of ether oxygens (including phenoxy) is 3. The Morgan fingerprint density at radius 3 is 2.50 bits per heavy atom. The SMILES string of the molecule is CC1=CC(=O)C2=C(C)C(OC3OC(CO)C(O)C(O)C3O)CC3C(C)C(=O)OC3C12. The van der Waals surface area contributed by atoms with Crippen LogP contribution in [0.4, 0.5) is 0 Å². The second-order valence-corrected chi connectivity index (χ2v) is 8.74. The molecule has 0 aromatic heterocycles. The second kappa shape index (κ2) is 7.81. The summed E-state index contributed by atoms with van der Waals surface area (Å²) in [6, 6.07) is 0. The standard InChI is InChI=1S/C21H28O9/c1-7-4-11(23)15-9(3)12(5-10-8(2)20(27)30-19(10)14(7)15)28-21-18(26)17(25)16(24)13(6-22)29-21/h4,8,10,12-14,16-19,21-22,24-26H,5-6H2,1-3H3. The molecule has 166 valence electrons. The summed E-state index contributed by atoms with van der Waals surface area (Å²) in [5.41, 5.74) is 2.02. The third-order valence-corrected chi connectivity index (χ3v) is 6.98. The minimum absolute atomic E-state index is 0.159. The van der Waals surface area contributed by atoms with Gasteiger partial charge in [0.05, 0.1) is 18.6 Å². The van der Waals surface area contributed by atoms with Gasteiger partial charge in [0.15, 0.2) is 12.1 Å². The number of carbonyl (C=O) groups is 2. The number of hydrogen-bond acceptors (Lipinski definition) is 9. The summed E-state index contributed by atoms with van der Waals surface area (Å²) >= 11 is 0. The highest BCUT2D eigenvalue weighted by Gasteiger charge is 2.54. The molecule has 4 aliphatic rings. The van der Waals surface area contributed by atoms with Crippen molar-refractivity contribution < 1.29 is 44.2 Å². The molecule has 0 amide bonds. The molecule has 0 saturated carbocycles. The van der Waals surface area contributed by atoms with Crippen LogP contribution in [0.1, 0.15) is 27.2 Å². The Morgan fingerprint density at radius 2 is 1.83 bits per heavy atom. The van der Waals surface area contributed by atoms with Gasteiger partial charge in [0, 0.05) is 17.4 Å². The van der Waals surface area contributed by atoms with Crippen molar-refractivity contribution in [2.75, 3.05) is 6.61 Å². The van der Waals surface area contributed by atoms with E-state index in [1.807, 2.05) is 6.92 Å². The van der Waals surface area contributed by atoms with Crippen LogP contribution in [0, 0.1) is 17.8 Å². The van der Waals surface area contributed by atoms with Gasteiger partial charge in [-0.1, -0.05) is 12.5 Å². The van der Waals surface area contributed by atoms with E-state index in [0.29, 0.717) is 17.6 Å². The van der Waals surface area contributed by atoms with Gasteiger partial charge < -0.3 is 34.6 Å². The van der Waals surface area contributed by atoms with Crippen molar-refractivity contribution in [3.8, 4) is 0 Å². The van der Waals surface area contributed by atoms with Crippen LogP contribution in [0.25, 0.3) is 0 Å². The van der Waals surface area contributed by atoms with Crippen molar-refractivity contribution in [3.05, 3.63) is 22.8 Å². The third-order valence-electron chi connectivity index (χ3n) is 6.98. The second-order valence-electron chi connectivity index (χ2n) is 8.74. The number of aliphatic hydroxyl groups is 4. The molecule has 2 heterocycles. The Labute approximate surface area is 173 Å². The van der Waals surface area contributed by atoms with Crippen LogP contribution in [-0.2, 0) is 23.8 Å². The van der Waals surface area contributed by atoms with Gasteiger partial charge in [-0.25, -0.2) is 0 Å². The van der Waals surface area contributed by atoms with Crippen LogP contribution in [-0.4, -0.2) is 81.7 Å². The van der Waals surface area contributed by atoms with Gasteiger partial charge in [-0.2, -0.15) is 0 Å². The van der Waals surface area contributed by atoms with Crippen LogP contribution < -0.4 is 0 Å². The lowest BCUT2D eigenvalue weighted by Crippen LogP contribution is -2.59. The monoisotopic (exact) mass is 424 g/mol. The Balaban J connectivity index is 1.67. The van der Waals surface area contributed by atoms with Crippen molar-refractivity contribution >= 4 is 11.8 Å². The van der Waals surface area contributed by atoms with Crippen molar-refractivity contribution in [1.82, 2.24) is 0 Å². The van der Waals surface area contributed by atoms with E-state index >= 15 is 0 Å². The van der Waals surface area contributed by atoms with Gasteiger partial charge in [0.1, 0.15) is 30.5 Å². The van der Waals surface area contributed by atoms with Crippen LogP contribution in [0.15, 0.2) is 22.8 Å². The Bertz CT molecular complexity index is 800. The Kier molecular flexibility index (Phi) is 5.63. The van der Waals surface area contributed by atoms with E-state index in [1.165, 1.54) is 0 Å². The fourth-order valence-electron chi connectivity index (χ4n) is 5.16. The predicted molar refractivity (Wildman–Crippen MR) is 101 cm³/mol. The quantitative estimate of drug-likeness (QED) is 0.429. The first-order valence-corrected chi connectivity index (χ1v) is 10.2. The molecule has 0 aromatic carbocycles. The topological polar surface area (TPSA) is 143 Å². The number of fused-ring (bicyclic) bond motifs is 3. The van der Waals surface area contributed by atoms with E-state index in [-0.39, 0.29) is 29.5 Å². The number of carbonyl (C=O) groups excluding carboxylic acids is 2. The number of rotatable bonds is 3. The molecular formula is C21H28O9. The average Bonchev–Trinajstić information content (AvgIpc) is 3.11. The summed E-state index contributed by atoms with van der Waals surface area (Å²) in [4.78, 5) is 25.0. The summed E-state index contributed by atoms with van der Waals surface area (Å²) in [6.07, 6.45) is -6.26. The van der Waals surface area contributed by atoms with Crippen LogP contribution in [0.2, 0.25) is 0 Å². The van der Waals surface area contributed by atoms with Crippen LogP contribution in [0.5, 0.6) is 0 Å². The number of hydrogen-bond donors (Lipinski definition) is 4. The molecule has 2 aliphatic heterocycles. The van der Waals surface area contributed by atoms with E-state index < -0.39 is 49.5 Å². The molecular weight excluding hydrogens is 396 g/mol. The summed E-state index contributed by atoms with van der Waals surface area (Å²) in [6.45, 7) is 4.84. The lowest BCUT2D eigenvalue weighted by molar-refractivity contribution is -0.309. The highest BCUT2D eigenvalue weighted by atomic mass is 16.7. The maximum absolute atomic E-state index is 12.7. The normalized spacial score (nSPS) is 46.3. The molecule has 2 fully saturated rings. The summed E-state index contributed by atoms with van der Waals surface area (Å²) in [5.74, 6) is -1.40. The first-order chi connectivity index (χ1) is 14.1. The molecule has 0 radical (unpaired) electrons. The summed E-state index contributed by atoms with van der Waals surface area (Å²) in [7, 11) is 0. The van der Waals surface area contributed by atoms with Crippen molar-refractivity contribution in [2.45, 2.75) is 70.1 Å². The molecule has 9 heteroatoms.